The summed E-state index contributed by atoms with van der Waals surface area (Å²) in [6.45, 7) is 7.35. The molecule has 3 aromatic rings. The average Bonchev–Trinajstić information content (AvgIpc) is 3.65. The van der Waals surface area contributed by atoms with E-state index in [1.54, 1.807) is 17.5 Å². The molecule has 3 unspecified atom stereocenters. The Morgan fingerprint density at radius 1 is 1.27 bits per heavy atom. The van der Waals surface area contributed by atoms with Gasteiger partial charge < -0.3 is 25.9 Å². The van der Waals surface area contributed by atoms with Crippen LogP contribution in [0.25, 0.3) is 11.5 Å². The molecule has 0 radical (unpaired) electrons. The van der Waals surface area contributed by atoms with Crippen LogP contribution in [0.1, 0.15) is 92.3 Å². The Hall–Kier alpha value is -3.29. The van der Waals surface area contributed by atoms with Gasteiger partial charge in [0.1, 0.15) is 16.8 Å². The van der Waals surface area contributed by atoms with E-state index >= 15 is 0 Å². The Bertz CT molecular complexity index is 1500. The third kappa shape index (κ3) is 4.22. The minimum absolute atomic E-state index is 0.0339. The lowest BCUT2D eigenvalue weighted by Crippen LogP contribution is -2.36. The zero-order valence-electron chi connectivity index (χ0n) is 23.8. The summed E-state index contributed by atoms with van der Waals surface area (Å²) < 4.78 is 6.19. The second-order valence-corrected chi connectivity index (χ2v) is 13.2. The first-order valence-electron chi connectivity index (χ1n) is 14.5. The van der Waals surface area contributed by atoms with Gasteiger partial charge in [0.2, 0.25) is 0 Å². The highest BCUT2D eigenvalue weighted by Gasteiger charge is 2.48. The zero-order chi connectivity index (χ0) is 28.2. The van der Waals surface area contributed by atoms with E-state index in [1.807, 2.05) is 0 Å². The van der Waals surface area contributed by atoms with Crippen LogP contribution in [0.3, 0.4) is 0 Å². The third-order valence-corrected chi connectivity index (χ3v) is 10.2. The van der Waals surface area contributed by atoms with E-state index < -0.39 is 0 Å². The number of thiophene rings is 1. The zero-order valence-corrected chi connectivity index (χ0v) is 24.6. The average molecular weight is 559 g/mol. The summed E-state index contributed by atoms with van der Waals surface area (Å²) in [5, 5.41) is 27.8. The van der Waals surface area contributed by atoms with Gasteiger partial charge in [-0.05, 0) is 84.4 Å². The maximum atomic E-state index is 10.0. The van der Waals surface area contributed by atoms with E-state index in [4.69, 9.17) is 20.2 Å². The highest BCUT2D eigenvalue weighted by Crippen LogP contribution is 2.55. The van der Waals surface area contributed by atoms with Gasteiger partial charge in [-0.3, -0.25) is 0 Å². The third-order valence-electron chi connectivity index (χ3n) is 9.17. The number of nitrogens with zero attached hydrogens (tertiary/aromatic N) is 5. The van der Waals surface area contributed by atoms with Gasteiger partial charge in [0, 0.05) is 28.4 Å². The Morgan fingerprint density at radius 2 is 2.05 bits per heavy atom. The lowest BCUT2D eigenvalue weighted by molar-refractivity contribution is 0.265. The molecule has 210 valence electrons. The quantitative estimate of drug-likeness (QED) is 0.336. The van der Waals surface area contributed by atoms with Crippen molar-refractivity contribution in [1.82, 2.24) is 20.0 Å². The number of aryl methyl sites for hydroxylation is 1. The number of aromatic nitrogens is 3. The molecule has 1 fully saturated rings. The first kappa shape index (κ1) is 26.9. The fourth-order valence-electron chi connectivity index (χ4n) is 7.31. The second kappa shape index (κ2) is 10.3. The van der Waals surface area contributed by atoms with Crippen molar-refractivity contribution in [2.45, 2.75) is 89.6 Å². The topological polar surface area (TPSA) is 141 Å². The van der Waals surface area contributed by atoms with Crippen LogP contribution < -0.4 is 11.1 Å². The number of likely N-dealkylation sites (tertiary alicyclic amines) is 1. The molecule has 3 aliphatic rings. The van der Waals surface area contributed by atoms with E-state index in [0.717, 1.165) is 80.5 Å². The molecule has 1 spiro atoms. The SMILES string of the molecule is CC(C)Nc1cnc(-c2noc3c2CCCC32CCCc3sc(N)c(C#N)c32)nc1C(=N)C(C)C1CCCN1C. The van der Waals surface area contributed by atoms with Crippen LogP contribution in [-0.4, -0.2) is 51.4 Å². The minimum Gasteiger partial charge on any atom is -0.389 e. The number of fused-ring (bicyclic) bond motifs is 4. The molecule has 0 saturated carbocycles. The van der Waals surface area contributed by atoms with E-state index in [1.165, 1.54) is 4.88 Å². The van der Waals surface area contributed by atoms with E-state index in [2.05, 4.69) is 49.3 Å². The fraction of sp³-hybridized carbons (Fsp3) is 0.567. The first-order valence-corrected chi connectivity index (χ1v) is 15.3. The number of nitrogens with one attached hydrogen (secondary N) is 2. The van der Waals surface area contributed by atoms with Gasteiger partial charge in [-0.1, -0.05) is 12.1 Å². The number of nitrogens with two attached hydrogens (primary N) is 1. The molecule has 4 heterocycles. The molecule has 9 nitrogen and oxygen atoms in total. The summed E-state index contributed by atoms with van der Waals surface area (Å²) >= 11 is 1.55. The van der Waals surface area contributed by atoms with Crippen LogP contribution in [-0.2, 0) is 18.3 Å². The second-order valence-electron chi connectivity index (χ2n) is 12.0. The lowest BCUT2D eigenvalue weighted by Gasteiger charge is -2.39. The summed E-state index contributed by atoms with van der Waals surface area (Å²) in [6, 6.07) is 2.89. The van der Waals surface area contributed by atoms with Gasteiger partial charge in [0.15, 0.2) is 17.3 Å². The molecule has 4 N–H and O–H groups in total. The van der Waals surface area contributed by atoms with Crippen LogP contribution in [0.15, 0.2) is 10.7 Å². The maximum Gasteiger partial charge on any atom is 0.182 e. The molecule has 0 bridgehead atoms. The Morgan fingerprint density at radius 3 is 2.75 bits per heavy atom. The Labute approximate surface area is 239 Å². The number of anilines is 2. The summed E-state index contributed by atoms with van der Waals surface area (Å²) in [7, 11) is 2.15. The molecule has 2 aliphatic carbocycles. The van der Waals surface area contributed by atoms with Gasteiger partial charge in [-0.25, -0.2) is 9.97 Å². The predicted octanol–water partition coefficient (Wildman–Crippen LogP) is 5.52. The summed E-state index contributed by atoms with van der Waals surface area (Å²) in [5.74, 6) is 1.37. The molecular formula is C30H38N8OS. The van der Waals surface area contributed by atoms with Crippen molar-refractivity contribution in [3.63, 3.8) is 0 Å². The fourth-order valence-corrected chi connectivity index (χ4v) is 8.47. The molecule has 1 saturated heterocycles. The maximum absolute atomic E-state index is 10.0. The lowest BCUT2D eigenvalue weighted by atomic mass is 9.63. The van der Waals surface area contributed by atoms with Crippen LogP contribution in [0.4, 0.5) is 10.7 Å². The summed E-state index contributed by atoms with van der Waals surface area (Å²) in [5.41, 5.74) is 11.2. The molecule has 3 aromatic heterocycles. The van der Waals surface area contributed by atoms with E-state index in [0.29, 0.717) is 39.5 Å². The van der Waals surface area contributed by atoms with Gasteiger partial charge >= 0.3 is 0 Å². The van der Waals surface area contributed by atoms with Crippen LogP contribution in [0.5, 0.6) is 0 Å². The number of nitriles is 1. The minimum atomic E-state index is -0.387. The standard InChI is InChI=1S/C30H38N8OS/c1-16(2)35-20-15-34-29(36-26(20)24(32)17(3)21-9-7-13-38(21)4)25-18-8-5-11-30(27(18)39-37-25)12-6-10-22-23(30)19(14-31)28(33)40-22/h15-17,21,32,35H,5-13,33H2,1-4H3. The van der Waals surface area contributed by atoms with E-state index in [-0.39, 0.29) is 17.4 Å². The molecular weight excluding hydrogens is 520 g/mol. The number of nitrogen functional groups attached to an aromatic ring is 1. The molecule has 10 heteroatoms. The van der Waals surface area contributed by atoms with Crippen molar-refractivity contribution >= 4 is 27.7 Å². The number of hydrogen-bond donors (Lipinski definition) is 3. The highest BCUT2D eigenvalue weighted by atomic mass is 32.1. The molecule has 0 aromatic carbocycles. The van der Waals surface area contributed by atoms with Crippen molar-refractivity contribution in [2.24, 2.45) is 5.92 Å². The monoisotopic (exact) mass is 558 g/mol. The molecule has 0 amide bonds. The Kier molecular flexibility index (Phi) is 6.91. The number of hydrogen-bond acceptors (Lipinski definition) is 10. The largest absolute Gasteiger partial charge is 0.389 e. The van der Waals surface area contributed by atoms with Crippen LogP contribution in [0, 0.1) is 22.7 Å². The van der Waals surface area contributed by atoms with Crippen molar-refractivity contribution in [2.75, 3.05) is 24.6 Å². The van der Waals surface area contributed by atoms with Gasteiger partial charge in [0.25, 0.3) is 0 Å². The van der Waals surface area contributed by atoms with Crippen molar-refractivity contribution in [3.8, 4) is 17.6 Å². The highest BCUT2D eigenvalue weighted by molar-refractivity contribution is 7.16. The van der Waals surface area contributed by atoms with Gasteiger partial charge in [-0.15, -0.1) is 11.3 Å². The number of rotatable bonds is 6. The van der Waals surface area contributed by atoms with Crippen LogP contribution >= 0.6 is 11.3 Å². The molecule has 1 aliphatic heterocycles. The molecule has 40 heavy (non-hydrogen) atoms. The van der Waals surface area contributed by atoms with Gasteiger partial charge in [0.05, 0.1) is 28.6 Å². The van der Waals surface area contributed by atoms with Crippen molar-refractivity contribution in [1.29, 1.82) is 10.7 Å². The van der Waals surface area contributed by atoms with Crippen molar-refractivity contribution in [3.05, 3.63) is 39.2 Å². The normalized spacial score (nSPS) is 23.1. The smallest absolute Gasteiger partial charge is 0.182 e. The van der Waals surface area contributed by atoms with Crippen LogP contribution in [0.2, 0.25) is 0 Å². The van der Waals surface area contributed by atoms with E-state index in [9.17, 15) is 10.7 Å². The predicted molar refractivity (Wildman–Crippen MR) is 158 cm³/mol. The Balaban J connectivity index is 1.43. The summed E-state index contributed by atoms with van der Waals surface area (Å²) in [4.78, 5) is 13.3. The molecule has 3 atom stereocenters. The molecule has 6 rings (SSSR count). The first-order chi connectivity index (χ1) is 19.2. The summed E-state index contributed by atoms with van der Waals surface area (Å²) in [6.07, 6.45) is 9.60. The van der Waals surface area contributed by atoms with Crippen molar-refractivity contribution < 1.29 is 4.52 Å². The van der Waals surface area contributed by atoms with Gasteiger partial charge in [-0.2, -0.15) is 5.26 Å².